The summed E-state index contributed by atoms with van der Waals surface area (Å²) in [6.45, 7) is 0. The van der Waals surface area contributed by atoms with E-state index < -0.39 is 0 Å². The van der Waals surface area contributed by atoms with Gasteiger partial charge in [-0.25, -0.2) is 0 Å². The molecule has 1 aliphatic rings. The van der Waals surface area contributed by atoms with Crippen LogP contribution >= 0.6 is 11.5 Å². The van der Waals surface area contributed by atoms with Crippen molar-refractivity contribution in [3.63, 3.8) is 0 Å². The number of carbonyl (C=O) groups is 1. The number of hydrogen-bond acceptors (Lipinski definition) is 4. The molecule has 3 nitrogen and oxygen atoms in total. The number of ketones is 1. The Morgan fingerprint density at radius 3 is 2.67 bits per heavy atom. The zero-order valence-electron chi connectivity index (χ0n) is 9.18. The van der Waals surface area contributed by atoms with Gasteiger partial charge in [0.25, 0.3) is 0 Å². The second kappa shape index (κ2) is 3.17. The first-order valence-corrected chi connectivity index (χ1v) is 6.30. The van der Waals surface area contributed by atoms with E-state index in [-0.39, 0.29) is 11.5 Å². The highest BCUT2D eigenvalue weighted by atomic mass is 32.1. The monoisotopic (exact) mass is 253 g/mol. The van der Waals surface area contributed by atoms with Crippen molar-refractivity contribution < 1.29 is 9.90 Å². The van der Waals surface area contributed by atoms with Crippen LogP contribution in [0.2, 0.25) is 0 Å². The maximum Gasteiger partial charge on any atom is 0.198 e. The summed E-state index contributed by atoms with van der Waals surface area (Å²) >= 11 is 1.35. The number of aromatic nitrogens is 1. The van der Waals surface area contributed by atoms with Crippen molar-refractivity contribution in [3.05, 3.63) is 47.5 Å². The largest absolute Gasteiger partial charge is 0.507 e. The Morgan fingerprint density at radius 2 is 1.83 bits per heavy atom. The minimum Gasteiger partial charge on any atom is -0.507 e. The van der Waals surface area contributed by atoms with Crippen LogP contribution in [0.3, 0.4) is 0 Å². The fourth-order valence-corrected chi connectivity index (χ4v) is 3.26. The standard InChI is InChI=1S/C14H7NO2S/c16-9-5-6-10-12-11(9)14(17)8-4-2-1-3-7(8)13(12)15-18-10/h1-6,16H. The van der Waals surface area contributed by atoms with Gasteiger partial charge in [0.2, 0.25) is 0 Å². The van der Waals surface area contributed by atoms with Gasteiger partial charge < -0.3 is 5.11 Å². The maximum absolute atomic E-state index is 12.4. The van der Waals surface area contributed by atoms with Crippen LogP contribution in [0.25, 0.3) is 21.3 Å². The molecule has 1 aromatic heterocycles. The normalized spacial score (nSPS) is 12.8. The summed E-state index contributed by atoms with van der Waals surface area (Å²) in [6, 6.07) is 10.8. The van der Waals surface area contributed by atoms with E-state index in [2.05, 4.69) is 4.37 Å². The summed E-state index contributed by atoms with van der Waals surface area (Å²) in [5.74, 6) is -0.0927. The van der Waals surface area contributed by atoms with Crippen LogP contribution < -0.4 is 0 Å². The van der Waals surface area contributed by atoms with E-state index in [9.17, 15) is 9.90 Å². The molecular formula is C14H7NO2S. The molecule has 0 saturated heterocycles. The number of carbonyl (C=O) groups excluding carboxylic acids is 1. The molecule has 1 N–H and O–H groups in total. The number of phenols is 1. The number of rotatable bonds is 0. The van der Waals surface area contributed by atoms with Gasteiger partial charge in [-0.15, -0.1) is 0 Å². The Balaban J connectivity index is 2.28. The topological polar surface area (TPSA) is 50.2 Å². The van der Waals surface area contributed by atoms with Crippen molar-refractivity contribution in [1.82, 2.24) is 4.37 Å². The van der Waals surface area contributed by atoms with E-state index in [1.165, 1.54) is 11.5 Å². The van der Waals surface area contributed by atoms with Gasteiger partial charge in [0.1, 0.15) is 5.75 Å². The Morgan fingerprint density at radius 1 is 1.06 bits per heavy atom. The molecule has 0 saturated carbocycles. The molecule has 0 amide bonds. The average molecular weight is 253 g/mol. The summed E-state index contributed by atoms with van der Waals surface area (Å²) in [4.78, 5) is 12.4. The van der Waals surface area contributed by atoms with Crippen molar-refractivity contribution in [1.29, 1.82) is 0 Å². The van der Waals surface area contributed by atoms with Crippen LogP contribution in [0, 0.1) is 0 Å². The second-order valence-corrected chi connectivity index (χ2v) is 5.04. The zero-order valence-corrected chi connectivity index (χ0v) is 9.99. The fraction of sp³-hybridized carbons (Fsp3) is 0. The minimum atomic E-state index is -0.124. The lowest BCUT2D eigenvalue weighted by molar-refractivity contribution is 0.103. The molecule has 3 aromatic rings. The lowest BCUT2D eigenvalue weighted by Crippen LogP contribution is -2.09. The molecule has 18 heavy (non-hydrogen) atoms. The lowest BCUT2D eigenvalue weighted by atomic mass is 9.87. The van der Waals surface area contributed by atoms with Crippen molar-refractivity contribution in [3.8, 4) is 17.0 Å². The Labute approximate surface area is 106 Å². The molecule has 0 atom stereocenters. The van der Waals surface area contributed by atoms with E-state index in [4.69, 9.17) is 0 Å². The third-order valence-electron chi connectivity index (χ3n) is 3.27. The first-order chi connectivity index (χ1) is 8.77. The first-order valence-electron chi connectivity index (χ1n) is 5.53. The summed E-state index contributed by atoms with van der Waals surface area (Å²) < 4.78 is 5.35. The molecule has 0 radical (unpaired) electrons. The predicted octanol–water partition coefficient (Wildman–Crippen LogP) is 3.21. The van der Waals surface area contributed by atoms with E-state index in [1.54, 1.807) is 18.2 Å². The van der Waals surface area contributed by atoms with Crippen molar-refractivity contribution in [2.45, 2.75) is 0 Å². The van der Waals surface area contributed by atoms with Crippen molar-refractivity contribution >= 4 is 27.4 Å². The third-order valence-corrected chi connectivity index (χ3v) is 4.08. The van der Waals surface area contributed by atoms with Gasteiger partial charge in [0.15, 0.2) is 5.78 Å². The van der Waals surface area contributed by atoms with Crippen LogP contribution in [0.15, 0.2) is 36.4 Å². The molecule has 0 aliphatic heterocycles. The molecule has 4 heteroatoms. The summed E-state index contributed by atoms with van der Waals surface area (Å²) in [7, 11) is 0. The van der Waals surface area contributed by atoms with Gasteiger partial charge in [0, 0.05) is 16.5 Å². The molecule has 0 unspecified atom stereocenters. The Hall–Kier alpha value is -2.20. The quantitative estimate of drug-likeness (QED) is 0.523. The van der Waals surface area contributed by atoms with E-state index in [0.29, 0.717) is 11.1 Å². The summed E-state index contributed by atoms with van der Waals surface area (Å²) in [5, 5.41) is 10.7. The molecule has 86 valence electrons. The minimum absolute atomic E-state index is 0.0310. The molecule has 1 heterocycles. The highest BCUT2D eigenvalue weighted by Gasteiger charge is 2.29. The fourth-order valence-electron chi connectivity index (χ4n) is 2.46. The number of aromatic hydroxyl groups is 1. The molecule has 4 rings (SSSR count). The number of nitrogens with zero attached hydrogens (tertiary/aromatic N) is 1. The van der Waals surface area contributed by atoms with Gasteiger partial charge in [0.05, 0.1) is 16.0 Å². The van der Waals surface area contributed by atoms with Crippen LogP contribution in [0.5, 0.6) is 5.75 Å². The molecule has 0 fully saturated rings. The smallest absolute Gasteiger partial charge is 0.198 e. The van der Waals surface area contributed by atoms with Crippen LogP contribution in [-0.4, -0.2) is 15.3 Å². The van der Waals surface area contributed by atoms with Gasteiger partial charge in [-0.2, -0.15) is 4.37 Å². The maximum atomic E-state index is 12.4. The Bertz CT molecular complexity index is 820. The number of benzene rings is 2. The van der Waals surface area contributed by atoms with E-state index >= 15 is 0 Å². The molecule has 2 aromatic carbocycles. The van der Waals surface area contributed by atoms with Crippen LogP contribution in [-0.2, 0) is 0 Å². The molecule has 1 aliphatic carbocycles. The summed E-state index contributed by atoms with van der Waals surface area (Å²) in [6.07, 6.45) is 0. The number of hydrogen-bond donors (Lipinski definition) is 1. The molecule has 0 bridgehead atoms. The van der Waals surface area contributed by atoms with Crippen LogP contribution in [0.4, 0.5) is 0 Å². The van der Waals surface area contributed by atoms with E-state index in [1.807, 2.05) is 18.2 Å². The third kappa shape index (κ3) is 1.03. The summed E-state index contributed by atoms with van der Waals surface area (Å²) in [5.41, 5.74) is 2.65. The highest BCUT2D eigenvalue weighted by molar-refractivity contribution is 7.13. The van der Waals surface area contributed by atoms with Gasteiger partial charge in [-0.3, -0.25) is 4.79 Å². The predicted molar refractivity (Wildman–Crippen MR) is 70.2 cm³/mol. The van der Waals surface area contributed by atoms with Crippen molar-refractivity contribution in [2.24, 2.45) is 0 Å². The van der Waals surface area contributed by atoms with Gasteiger partial charge >= 0.3 is 0 Å². The molecular weight excluding hydrogens is 246 g/mol. The Kier molecular flexibility index (Phi) is 1.73. The highest BCUT2D eigenvalue weighted by Crippen LogP contribution is 2.43. The van der Waals surface area contributed by atoms with Crippen LogP contribution in [0.1, 0.15) is 15.9 Å². The second-order valence-electron chi connectivity index (χ2n) is 4.24. The van der Waals surface area contributed by atoms with E-state index in [0.717, 1.165) is 21.3 Å². The SMILES string of the molecule is O=C1c2ccccc2-c2nsc3ccc(O)c1c23. The number of fused-ring (bicyclic) bond motifs is 2. The number of phenolic OH excluding ortho intramolecular Hbond substituents is 1. The van der Waals surface area contributed by atoms with Gasteiger partial charge in [-0.1, -0.05) is 24.3 Å². The average Bonchev–Trinajstić information content (AvgIpc) is 2.82. The zero-order chi connectivity index (χ0) is 12.3. The lowest BCUT2D eigenvalue weighted by Gasteiger charge is -2.15. The first kappa shape index (κ1) is 9.79. The molecule has 0 spiro atoms. The van der Waals surface area contributed by atoms with Gasteiger partial charge in [-0.05, 0) is 23.7 Å². The van der Waals surface area contributed by atoms with Crippen molar-refractivity contribution in [2.75, 3.05) is 0 Å².